The summed E-state index contributed by atoms with van der Waals surface area (Å²) < 4.78 is 6.08. The molecule has 1 atom stereocenters. The zero-order valence-electron chi connectivity index (χ0n) is 18.9. The van der Waals surface area contributed by atoms with E-state index >= 15 is 0 Å². The van der Waals surface area contributed by atoms with Gasteiger partial charge in [0.25, 0.3) is 0 Å². The van der Waals surface area contributed by atoms with Crippen LogP contribution in [-0.4, -0.2) is 89.5 Å². The Labute approximate surface area is 167 Å². The van der Waals surface area contributed by atoms with Gasteiger partial charge in [-0.05, 0) is 91.1 Å². The second kappa shape index (κ2) is 18.4. The van der Waals surface area contributed by atoms with Crippen molar-refractivity contribution in [1.29, 1.82) is 0 Å². The number of nitrogens with zero attached hydrogens (tertiary/aromatic N) is 3. The molecular weight excluding hydrogens is 338 g/mol. The maximum atomic E-state index is 6.08. The Morgan fingerprint density at radius 3 is 1.58 bits per heavy atom. The summed E-state index contributed by atoms with van der Waals surface area (Å²) in [5.74, 6) is 0. The Kier molecular flexibility index (Phi) is 18.5. The molecule has 0 spiro atoms. The van der Waals surface area contributed by atoms with Crippen molar-refractivity contribution in [3.05, 3.63) is 0 Å². The maximum Gasteiger partial charge on any atom is 0.163 e. The van der Waals surface area contributed by atoms with E-state index in [1.165, 1.54) is 90.6 Å². The Balaban J connectivity index is 4.17. The first-order chi connectivity index (χ1) is 12.6. The number of hydrogen-bond donors (Lipinski definition) is 0. The molecule has 0 bridgehead atoms. The lowest BCUT2D eigenvalue weighted by molar-refractivity contribution is 0.208. The monoisotopic (exact) mass is 387 g/mol. The van der Waals surface area contributed by atoms with Gasteiger partial charge in [-0.1, -0.05) is 41.0 Å². The lowest BCUT2D eigenvalue weighted by Crippen LogP contribution is -2.34. The largest absolute Gasteiger partial charge is 0.421 e. The summed E-state index contributed by atoms with van der Waals surface area (Å²) in [4.78, 5) is 7.78. The topological polar surface area (TPSA) is 19.0 Å². The third kappa shape index (κ3) is 14.2. The number of rotatable bonds is 19. The van der Waals surface area contributed by atoms with Crippen molar-refractivity contribution in [2.75, 3.05) is 58.9 Å². The van der Waals surface area contributed by atoms with E-state index in [0.29, 0.717) is 6.10 Å². The molecule has 5 heteroatoms. The minimum absolute atomic E-state index is 0.357. The van der Waals surface area contributed by atoms with E-state index in [-0.39, 0.29) is 9.76 Å². The van der Waals surface area contributed by atoms with Crippen molar-refractivity contribution >= 4 is 9.76 Å². The van der Waals surface area contributed by atoms with Gasteiger partial charge < -0.3 is 19.1 Å². The highest BCUT2D eigenvalue weighted by Gasteiger charge is 2.08. The molecule has 0 fully saturated rings. The Morgan fingerprint density at radius 2 is 1.15 bits per heavy atom. The van der Waals surface area contributed by atoms with Crippen LogP contribution in [0.3, 0.4) is 0 Å². The molecule has 26 heavy (non-hydrogen) atoms. The second-order valence-corrected chi connectivity index (χ2v) is 8.87. The minimum atomic E-state index is -0.357. The normalized spacial score (nSPS) is 13.7. The van der Waals surface area contributed by atoms with Gasteiger partial charge in [-0.3, -0.25) is 0 Å². The van der Waals surface area contributed by atoms with E-state index < -0.39 is 0 Å². The number of hydrogen-bond acceptors (Lipinski definition) is 4. The van der Waals surface area contributed by atoms with E-state index in [1.807, 2.05) is 0 Å². The van der Waals surface area contributed by atoms with Crippen LogP contribution in [0.4, 0.5) is 0 Å². The smallest absolute Gasteiger partial charge is 0.163 e. The summed E-state index contributed by atoms with van der Waals surface area (Å²) in [6.07, 6.45) is 5.51. The van der Waals surface area contributed by atoms with Gasteiger partial charge in [-0.15, -0.1) is 0 Å². The van der Waals surface area contributed by atoms with Crippen LogP contribution >= 0.6 is 0 Å². The van der Waals surface area contributed by atoms with E-state index in [4.69, 9.17) is 4.43 Å². The van der Waals surface area contributed by atoms with Crippen molar-refractivity contribution < 1.29 is 4.43 Å². The van der Waals surface area contributed by atoms with E-state index in [2.05, 4.69) is 56.2 Å². The highest BCUT2D eigenvalue weighted by molar-refractivity contribution is 6.27. The summed E-state index contributed by atoms with van der Waals surface area (Å²) in [6, 6.07) is 1.30. The first kappa shape index (κ1) is 26.1. The van der Waals surface area contributed by atoms with Crippen LogP contribution in [0.25, 0.3) is 0 Å². The Morgan fingerprint density at radius 1 is 0.692 bits per heavy atom. The average Bonchev–Trinajstić information content (AvgIpc) is 2.65. The zero-order valence-corrected chi connectivity index (χ0v) is 20.3. The summed E-state index contributed by atoms with van der Waals surface area (Å²) in [6.45, 7) is 24.5. The van der Waals surface area contributed by atoms with Gasteiger partial charge in [-0.2, -0.15) is 0 Å². The average molecular weight is 388 g/mol. The molecule has 0 aliphatic carbocycles. The summed E-state index contributed by atoms with van der Waals surface area (Å²) in [5, 5.41) is 0. The van der Waals surface area contributed by atoms with Gasteiger partial charge in [-0.25, -0.2) is 0 Å². The molecule has 0 heterocycles. The zero-order chi connectivity index (χ0) is 19.6. The highest BCUT2D eigenvalue weighted by atomic mass is 28.2. The summed E-state index contributed by atoms with van der Waals surface area (Å²) in [7, 11) is -0.357. The van der Waals surface area contributed by atoms with Crippen LogP contribution in [0.15, 0.2) is 0 Å². The van der Waals surface area contributed by atoms with Crippen molar-refractivity contribution in [2.45, 2.75) is 79.4 Å². The van der Waals surface area contributed by atoms with Gasteiger partial charge in [0.05, 0.1) is 0 Å². The molecule has 0 aliphatic heterocycles. The fraction of sp³-hybridized carbons (Fsp3) is 1.00. The Bertz CT molecular complexity index is 268. The molecule has 0 aromatic heterocycles. The first-order valence-electron chi connectivity index (χ1n) is 11.4. The van der Waals surface area contributed by atoms with E-state index in [9.17, 15) is 0 Å². The van der Waals surface area contributed by atoms with E-state index in [1.54, 1.807) is 0 Å². The lowest BCUT2D eigenvalue weighted by Gasteiger charge is -2.26. The molecule has 0 rings (SSSR count). The third-order valence-corrected chi connectivity index (χ3v) is 6.81. The van der Waals surface area contributed by atoms with Crippen LogP contribution in [0.5, 0.6) is 0 Å². The van der Waals surface area contributed by atoms with Crippen molar-refractivity contribution in [3.63, 3.8) is 0 Å². The molecule has 0 N–H and O–H groups in total. The molecule has 4 nitrogen and oxygen atoms in total. The Hall–Kier alpha value is 0.0569. The van der Waals surface area contributed by atoms with Crippen molar-refractivity contribution in [1.82, 2.24) is 14.7 Å². The molecule has 158 valence electrons. The SMILES string of the molecule is CCCC(C)O[SiH2]CCN(CCCN(CC)CC)CCCN(CC)CC. The predicted octanol–water partition coefficient (Wildman–Crippen LogP) is 3.46. The lowest BCUT2D eigenvalue weighted by atomic mass is 10.2. The summed E-state index contributed by atoms with van der Waals surface area (Å²) >= 11 is 0. The van der Waals surface area contributed by atoms with Crippen LogP contribution in [-0.2, 0) is 4.43 Å². The van der Waals surface area contributed by atoms with Gasteiger partial charge in [0.15, 0.2) is 9.76 Å². The maximum absolute atomic E-state index is 6.08. The molecule has 1 unspecified atom stereocenters. The quantitative estimate of drug-likeness (QED) is 0.249. The van der Waals surface area contributed by atoms with Crippen LogP contribution in [0, 0.1) is 0 Å². The van der Waals surface area contributed by atoms with Crippen LogP contribution in [0.1, 0.15) is 67.2 Å². The molecule has 0 aromatic rings. The van der Waals surface area contributed by atoms with Crippen molar-refractivity contribution in [3.8, 4) is 0 Å². The van der Waals surface area contributed by atoms with E-state index in [0.717, 1.165) is 0 Å². The molecule has 0 radical (unpaired) electrons. The third-order valence-electron chi connectivity index (χ3n) is 5.40. The highest BCUT2D eigenvalue weighted by Crippen LogP contribution is 2.03. The fourth-order valence-corrected chi connectivity index (χ4v) is 4.83. The van der Waals surface area contributed by atoms with Crippen LogP contribution in [0.2, 0.25) is 6.04 Å². The van der Waals surface area contributed by atoms with Gasteiger partial charge >= 0.3 is 0 Å². The van der Waals surface area contributed by atoms with Crippen LogP contribution < -0.4 is 0 Å². The summed E-state index contributed by atoms with van der Waals surface area (Å²) in [5.41, 5.74) is 0. The van der Waals surface area contributed by atoms with Gasteiger partial charge in [0.2, 0.25) is 0 Å². The van der Waals surface area contributed by atoms with Gasteiger partial charge in [0.1, 0.15) is 0 Å². The van der Waals surface area contributed by atoms with Gasteiger partial charge in [0, 0.05) is 6.10 Å². The molecule has 0 saturated heterocycles. The van der Waals surface area contributed by atoms with Crippen molar-refractivity contribution in [2.24, 2.45) is 0 Å². The minimum Gasteiger partial charge on any atom is -0.421 e. The second-order valence-electron chi connectivity index (χ2n) is 7.43. The predicted molar refractivity (Wildman–Crippen MR) is 120 cm³/mol. The standard InChI is InChI=1S/C21H49N3OSi/c1-7-14-21(6)25-26-20-19-24(17-12-15-22(8-2)9-3)18-13-16-23(10-4)11-5/h21H,7-20,26H2,1-6H3. The fourth-order valence-electron chi connectivity index (χ4n) is 3.51. The molecule has 0 saturated carbocycles. The first-order valence-corrected chi connectivity index (χ1v) is 13.0. The molecular formula is C21H49N3OSi. The molecule has 0 aromatic carbocycles. The molecule has 0 aliphatic rings. The molecule has 0 amide bonds.